The predicted octanol–water partition coefficient (Wildman–Crippen LogP) is 5.89. The summed E-state index contributed by atoms with van der Waals surface area (Å²) < 4.78 is 49.5. The minimum atomic E-state index is -4.42. The van der Waals surface area contributed by atoms with E-state index in [1.54, 1.807) is 30.3 Å². The smallest absolute Gasteiger partial charge is 0.416 e. The highest BCUT2D eigenvalue weighted by molar-refractivity contribution is 6.06. The zero-order chi connectivity index (χ0) is 22.4. The number of phenols is 1. The zero-order valence-corrected chi connectivity index (χ0v) is 16.5. The standard InChI is InChI=1S/C24H19F3O4/c1-30-23-14-16(5-11-21(29)18-7-9-20(28)10-8-18)6-12-22(23)31-15-17-3-2-4-19(13-17)24(25,26)27/h2-14,28H,15H2,1H3. The van der Waals surface area contributed by atoms with E-state index in [0.29, 0.717) is 28.2 Å². The molecular weight excluding hydrogens is 409 g/mol. The number of alkyl halides is 3. The average molecular weight is 428 g/mol. The van der Waals surface area contributed by atoms with Gasteiger partial charge in [-0.3, -0.25) is 4.79 Å². The van der Waals surface area contributed by atoms with Crippen molar-refractivity contribution in [2.75, 3.05) is 7.11 Å². The molecule has 3 aromatic rings. The molecule has 31 heavy (non-hydrogen) atoms. The minimum absolute atomic E-state index is 0.0607. The van der Waals surface area contributed by atoms with Gasteiger partial charge in [0.1, 0.15) is 12.4 Å². The maximum atomic E-state index is 12.8. The Balaban J connectivity index is 1.70. The Morgan fingerprint density at radius 2 is 1.74 bits per heavy atom. The van der Waals surface area contributed by atoms with Gasteiger partial charge in [-0.05, 0) is 65.7 Å². The van der Waals surface area contributed by atoms with Crippen LogP contribution in [0.4, 0.5) is 13.2 Å². The van der Waals surface area contributed by atoms with Gasteiger partial charge in [-0.15, -0.1) is 0 Å². The van der Waals surface area contributed by atoms with Crippen LogP contribution in [-0.2, 0) is 12.8 Å². The van der Waals surface area contributed by atoms with Crippen LogP contribution in [0.1, 0.15) is 27.0 Å². The Kier molecular flexibility index (Phi) is 6.65. The molecule has 0 bridgehead atoms. The Labute approximate surface area is 177 Å². The number of halogens is 3. The van der Waals surface area contributed by atoms with Crippen molar-refractivity contribution in [2.24, 2.45) is 0 Å². The van der Waals surface area contributed by atoms with E-state index in [-0.39, 0.29) is 18.1 Å². The molecule has 3 aromatic carbocycles. The van der Waals surface area contributed by atoms with Crippen LogP contribution in [0.5, 0.6) is 17.2 Å². The van der Waals surface area contributed by atoms with Gasteiger partial charge >= 0.3 is 6.18 Å². The van der Waals surface area contributed by atoms with E-state index in [0.717, 1.165) is 12.1 Å². The lowest BCUT2D eigenvalue weighted by Gasteiger charge is -2.13. The molecule has 3 rings (SSSR count). The van der Waals surface area contributed by atoms with Gasteiger partial charge in [0.2, 0.25) is 0 Å². The topological polar surface area (TPSA) is 55.8 Å². The summed E-state index contributed by atoms with van der Waals surface area (Å²) in [4.78, 5) is 12.2. The highest BCUT2D eigenvalue weighted by atomic mass is 19.4. The van der Waals surface area contributed by atoms with E-state index in [9.17, 15) is 23.1 Å². The lowest BCUT2D eigenvalue weighted by Crippen LogP contribution is -2.06. The van der Waals surface area contributed by atoms with Crippen LogP contribution < -0.4 is 9.47 Å². The molecule has 0 spiro atoms. The summed E-state index contributed by atoms with van der Waals surface area (Å²) in [5.41, 5.74) is 0.747. The molecule has 0 aliphatic carbocycles. The van der Waals surface area contributed by atoms with Gasteiger partial charge in [0.25, 0.3) is 0 Å². The second-order valence-electron chi connectivity index (χ2n) is 6.64. The molecule has 0 unspecified atom stereocenters. The van der Waals surface area contributed by atoms with E-state index in [2.05, 4.69) is 0 Å². The van der Waals surface area contributed by atoms with Gasteiger partial charge in [-0.1, -0.05) is 24.3 Å². The van der Waals surface area contributed by atoms with Crippen LogP contribution in [0.15, 0.2) is 72.8 Å². The molecule has 0 fully saturated rings. The number of benzene rings is 3. The van der Waals surface area contributed by atoms with Crippen LogP contribution in [0, 0.1) is 0 Å². The molecule has 1 N–H and O–H groups in total. The van der Waals surface area contributed by atoms with Crippen molar-refractivity contribution in [1.29, 1.82) is 0 Å². The van der Waals surface area contributed by atoms with E-state index in [4.69, 9.17) is 9.47 Å². The number of hydrogen-bond donors (Lipinski definition) is 1. The number of hydrogen-bond acceptors (Lipinski definition) is 4. The lowest BCUT2D eigenvalue weighted by atomic mass is 10.1. The van der Waals surface area contributed by atoms with E-state index in [1.807, 2.05) is 0 Å². The summed E-state index contributed by atoms with van der Waals surface area (Å²) >= 11 is 0. The normalized spacial score (nSPS) is 11.5. The molecule has 0 saturated heterocycles. The Morgan fingerprint density at radius 3 is 2.42 bits per heavy atom. The number of rotatable bonds is 7. The van der Waals surface area contributed by atoms with Crippen molar-refractivity contribution >= 4 is 11.9 Å². The SMILES string of the molecule is COc1cc(C=CC(=O)c2ccc(O)cc2)ccc1OCc1cccc(C(F)(F)F)c1. The number of phenolic OH excluding ortho intramolecular Hbond substituents is 1. The fraction of sp³-hybridized carbons (Fsp3) is 0.125. The third kappa shape index (κ3) is 5.88. The third-order valence-corrected chi connectivity index (χ3v) is 4.42. The van der Waals surface area contributed by atoms with Crippen molar-refractivity contribution < 1.29 is 32.5 Å². The Morgan fingerprint density at radius 1 is 1.00 bits per heavy atom. The number of methoxy groups -OCH3 is 1. The van der Waals surface area contributed by atoms with Crippen LogP contribution in [-0.4, -0.2) is 18.0 Å². The summed E-state index contributed by atoms with van der Waals surface area (Å²) in [6.45, 7) is -0.0607. The number of carbonyl (C=O) groups excluding carboxylic acids is 1. The fourth-order valence-corrected chi connectivity index (χ4v) is 2.80. The second-order valence-corrected chi connectivity index (χ2v) is 6.64. The molecule has 0 saturated carbocycles. The van der Waals surface area contributed by atoms with Crippen LogP contribution in [0.3, 0.4) is 0 Å². The first kappa shape index (κ1) is 22.0. The summed E-state index contributed by atoms with van der Waals surface area (Å²) in [6.07, 6.45) is -1.42. The number of aromatic hydroxyl groups is 1. The van der Waals surface area contributed by atoms with Crippen molar-refractivity contribution in [1.82, 2.24) is 0 Å². The highest BCUT2D eigenvalue weighted by Gasteiger charge is 2.30. The van der Waals surface area contributed by atoms with Crippen molar-refractivity contribution in [3.8, 4) is 17.2 Å². The first-order valence-corrected chi connectivity index (χ1v) is 9.24. The van der Waals surface area contributed by atoms with Crippen molar-refractivity contribution in [2.45, 2.75) is 12.8 Å². The third-order valence-electron chi connectivity index (χ3n) is 4.42. The molecule has 0 atom stereocenters. The lowest BCUT2D eigenvalue weighted by molar-refractivity contribution is -0.137. The number of allylic oxidation sites excluding steroid dienone is 1. The first-order valence-electron chi connectivity index (χ1n) is 9.24. The molecule has 0 radical (unpaired) electrons. The van der Waals surface area contributed by atoms with E-state index < -0.39 is 11.7 Å². The van der Waals surface area contributed by atoms with Gasteiger partial charge in [0.05, 0.1) is 12.7 Å². The quantitative estimate of drug-likeness (QED) is 0.376. The Hall–Kier alpha value is -3.74. The van der Waals surface area contributed by atoms with Gasteiger partial charge in [-0.25, -0.2) is 0 Å². The van der Waals surface area contributed by atoms with Crippen molar-refractivity contribution in [3.05, 3.63) is 95.1 Å². The highest BCUT2D eigenvalue weighted by Crippen LogP contribution is 2.31. The van der Waals surface area contributed by atoms with Gasteiger partial charge < -0.3 is 14.6 Å². The molecule has 4 nitrogen and oxygen atoms in total. The molecule has 0 aromatic heterocycles. The summed E-state index contributed by atoms with van der Waals surface area (Å²) in [5, 5.41) is 9.29. The largest absolute Gasteiger partial charge is 0.508 e. The molecule has 0 aliphatic rings. The van der Waals surface area contributed by atoms with Gasteiger partial charge in [0, 0.05) is 5.56 Å². The number of carbonyl (C=O) groups is 1. The molecule has 160 valence electrons. The molecule has 7 heteroatoms. The van der Waals surface area contributed by atoms with E-state index >= 15 is 0 Å². The fourth-order valence-electron chi connectivity index (χ4n) is 2.80. The van der Waals surface area contributed by atoms with Crippen molar-refractivity contribution in [3.63, 3.8) is 0 Å². The minimum Gasteiger partial charge on any atom is -0.508 e. The summed E-state index contributed by atoms with van der Waals surface area (Å²) in [6, 6.07) is 15.8. The maximum absolute atomic E-state index is 12.8. The van der Waals surface area contributed by atoms with Gasteiger partial charge in [0.15, 0.2) is 17.3 Å². The second kappa shape index (κ2) is 9.38. The van der Waals surface area contributed by atoms with Gasteiger partial charge in [-0.2, -0.15) is 13.2 Å². The van der Waals surface area contributed by atoms with E-state index in [1.165, 1.54) is 43.5 Å². The number of ketones is 1. The molecular formula is C24H19F3O4. The first-order chi connectivity index (χ1) is 14.8. The molecule has 0 heterocycles. The Bertz CT molecular complexity index is 1090. The van der Waals surface area contributed by atoms with Crippen LogP contribution >= 0.6 is 0 Å². The van der Waals surface area contributed by atoms with Crippen LogP contribution in [0.2, 0.25) is 0 Å². The maximum Gasteiger partial charge on any atom is 0.416 e. The summed E-state index contributed by atoms with van der Waals surface area (Å²) in [5.74, 6) is 0.586. The van der Waals surface area contributed by atoms with Crippen LogP contribution in [0.25, 0.3) is 6.08 Å². The predicted molar refractivity (Wildman–Crippen MR) is 110 cm³/mol. The summed E-state index contributed by atoms with van der Waals surface area (Å²) in [7, 11) is 1.45. The zero-order valence-electron chi connectivity index (χ0n) is 16.5. The monoisotopic (exact) mass is 428 g/mol. The molecule has 0 amide bonds. The molecule has 0 aliphatic heterocycles. The average Bonchev–Trinajstić information content (AvgIpc) is 2.76. The number of ether oxygens (including phenoxy) is 2.